The van der Waals surface area contributed by atoms with Gasteiger partial charge in [0.2, 0.25) is 0 Å². The average Bonchev–Trinajstić information content (AvgIpc) is 2.68. The Morgan fingerprint density at radius 3 is 3.00 bits per heavy atom. The average molecular weight is 241 g/mol. The minimum atomic E-state index is 0.609. The third-order valence-corrected chi connectivity index (χ3v) is 3.76. The maximum atomic E-state index is 4.43. The first-order valence-corrected chi connectivity index (χ1v) is 6.56. The summed E-state index contributed by atoms with van der Waals surface area (Å²) < 4.78 is 2.01. The van der Waals surface area contributed by atoms with Crippen molar-refractivity contribution in [1.82, 2.24) is 9.78 Å². The summed E-state index contributed by atoms with van der Waals surface area (Å²) in [5.74, 6) is 0.609. The Hall–Kier alpha value is -1.77. The lowest BCUT2D eigenvalue weighted by atomic mass is 9.87. The van der Waals surface area contributed by atoms with Gasteiger partial charge in [-0.3, -0.25) is 4.68 Å². The molecule has 1 aliphatic heterocycles. The number of hydrogen-bond acceptors (Lipinski definition) is 2. The normalized spacial score (nSPS) is 18.2. The quantitative estimate of drug-likeness (QED) is 0.876. The van der Waals surface area contributed by atoms with Crippen LogP contribution >= 0.6 is 0 Å². The van der Waals surface area contributed by atoms with Crippen LogP contribution in [0, 0.1) is 6.92 Å². The molecule has 0 radical (unpaired) electrons. The summed E-state index contributed by atoms with van der Waals surface area (Å²) in [6.07, 6.45) is 2.28. The van der Waals surface area contributed by atoms with Crippen LogP contribution in [0.25, 0.3) is 0 Å². The summed E-state index contributed by atoms with van der Waals surface area (Å²) >= 11 is 0. The third kappa shape index (κ3) is 2.01. The van der Waals surface area contributed by atoms with E-state index in [-0.39, 0.29) is 0 Å². The number of nitrogens with zero attached hydrogens (tertiary/aromatic N) is 2. The summed E-state index contributed by atoms with van der Waals surface area (Å²) in [6.45, 7) is 3.12. The fraction of sp³-hybridized carbons (Fsp3) is 0.400. The van der Waals surface area contributed by atoms with Gasteiger partial charge in [-0.25, -0.2) is 0 Å². The van der Waals surface area contributed by atoms with E-state index in [2.05, 4.69) is 47.7 Å². The predicted octanol–water partition coefficient (Wildman–Crippen LogP) is 2.87. The molecular weight excluding hydrogens is 222 g/mol. The van der Waals surface area contributed by atoms with Gasteiger partial charge in [-0.1, -0.05) is 18.2 Å². The van der Waals surface area contributed by atoms with Crippen LogP contribution in [0.3, 0.4) is 0 Å². The van der Waals surface area contributed by atoms with Crippen molar-refractivity contribution in [1.29, 1.82) is 0 Å². The Morgan fingerprint density at radius 2 is 2.22 bits per heavy atom. The van der Waals surface area contributed by atoms with Crippen molar-refractivity contribution in [2.45, 2.75) is 25.7 Å². The molecule has 18 heavy (non-hydrogen) atoms. The van der Waals surface area contributed by atoms with E-state index in [0.717, 1.165) is 18.7 Å². The lowest BCUT2D eigenvalue weighted by molar-refractivity contribution is 0.587. The summed E-state index contributed by atoms with van der Waals surface area (Å²) in [7, 11) is 2.04. The number of anilines is 1. The number of aryl methyl sites for hydroxylation is 2. The Kier molecular flexibility index (Phi) is 2.82. The topological polar surface area (TPSA) is 29.9 Å². The first-order valence-electron chi connectivity index (χ1n) is 6.56. The molecule has 3 nitrogen and oxygen atoms in total. The number of benzene rings is 1. The van der Waals surface area contributed by atoms with Crippen molar-refractivity contribution in [3.8, 4) is 0 Å². The van der Waals surface area contributed by atoms with Crippen LogP contribution in [0.15, 0.2) is 30.3 Å². The molecule has 0 amide bonds. The van der Waals surface area contributed by atoms with Crippen LogP contribution in [-0.2, 0) is 13.5 Å². The van der Waals surface area contributed by atoms with Crippen molar-refractivity contribution >= 4 is 5.69 Å². The van der Waals surface area contributed by atoms with E-state index in [1.807, 2.05) is 11.7 Å². The Labute approximate surface area is 108 Å². The largest absolute Gasteiger partial charge is 0.385 e. The van der Waals surface area contributed by atoms with E-state index in [4.69, 9.17) is 0 Å². The fourth-order valence-electron chi connectivity index (χ4n) is 2.87. The second-order valence-electron chi connectivity index (χ2n) is 5.10. The van der Waals surface area contributed by atoms with E-state index in [0.29, 0.717) is 5.92 Å². The van der Waals surface area contributed by atoms with Gasteiger partial charge in [-0.2, -0.15) is 5.10 Å². The highest BCUT2D eigenvalue weighted by Crippen LogP contribution is 2.33. The summed E-state index contributed by atoms with van der Waals surface area (Å²) in [5, 5.41) is 7.91. The van der Waals surface area contributed by atoms with Crippen LogP contribution in [-0.4, -0.2) is 16.3 Å². The van der Waals surface area contributed by atoms with Crippen LogP contribution in [0.1, 0.15) is 29.3 Å². The van der Waals surface area contributed by atoms with Crippen molar-refractivity contribution in [3.05, 3.63) is 47.3 Å². The zero-order chi connectivity index (χ0) is 12.5. The van der Waals surface area contributed by atoms with Gasteiger partial charge >= 0.3 is 0 Å². The van der Waals surface area contributed by atoms with Crippen LogP contribution in [0.4, 0.5) is 5.69 Å². The van der Waals surface area contributed by atoms with Crippen LogP contribution < -0.4 is 5.32 Å². The number of hydrogen-bond donors (Lipinski definition) is 1. The second kappa shape index (κ2) is 4.48. The SMILES string of the molecule is Cc1cc(CC2CCNc3ccccc32)n(C)n1. The summed E-state index contributed by atoms with van der Waals surface area (Å²) in [6, 6.07) is 10.9. The maximum absolute atomic E-state index is 4.43. The molecule has 0 spiro atoms. The van der Waals surface area contributed by atoms with Gasteiger partial charge in [0.15, 0.2) is 0 Å². The van der Waals surface area contributed by atoms with E-state index in [9.17, 15) is 0 Å². The van der Waals surface area contributed by atoms with Crippen LogP contribution in [0.2, 0.25) is 0 Å². The van der Waals surface area contributed by atoms with E-state index in [1.54, 1.807) is 0 Å². The maximum Gasteiger partial charge on any atom is 0.0596 e. The first-order chi connectivity index (χ1) is 8.74. The minimum absolute atomic E-state index is 0.609. The van der Waals surface area contributed by atoms with Gasteiger partial charge in [-0.05, 0) is 43.4 Å². The fourth-order valence-corrected chi connectivity index (χ4v) is 2.87. The molecule has 0 aliphatic carbocycles. The Balaban J connectivity index is 1.88. The molecule has 1 atom stereocenters. The smallest absolute Gasteiger partial charge is 0.0596 e. The van der Waals surface area contributed by atoms with E-state index < -0.39 is 0 Å². The van der Waals surface area contributed by atoms with Crippen molar-refractivity contribution in [3.63, 3.8) is 0 Å². The van der Waals surface area contributed by atoms with Gasteiger partial charge in [0.05, 0.1) is 5.69 Å². The number of para-hydroxylation sites is 1. The molecule has 3 heteroatoms. The molecule has 0 fully saturated rings. The first kappa shape index (κ1) is 11.3. The minimum Gasteiger partial charge on any atom is -0.385 e. The highest BCUT2D eigenvalue weighted by molar-refractivity contribution is 5.54. The highest BCUT2D eigenvalue weighted by Gasteiger charge is 2.20. The predicted molar refractivity (Wildman–Crippen MR) is 73.9 cm³/mol. The van der Waals surface area contributed by atoms with Crippen molar-refractivity contribution < 1.29 is 0 Å². The highest BCUT2D eigenvalue weighted by atomic mass is 15.3. The molecule has 3 rings (SSSR count). The molecule has 1 aromatic heterocycles. The van der Waals surface area contributed by atoms with Gasteiger partial charge in [0, 0.05) is 25.0 Å². The standard InChI is InChI=1S/C15H19N3/c1-11-9-13(18(2)17-11)10-12-7-8-16-15-6-4-3-5-14(12)15/h3-6,9,12,16H,7-8,10H2,1-2H3. The Bertz CT molecular complexity index is 557. The number of fused-ring (bicyclic) bond motifs is 1. The van der Waals surface area contributed by atoms with Gasteiger partial charge in [0.25, 0.3) is 0 Å². The zero-order valence-electron chi connectivity index (χ0n) is 11.0. The molecule has 94 valence electrons. The van der Waals surface area contributed by atoms with Gasteiger partial charge < -0.3 is 5.32 Å². The molecule has 0 saturated carbocycles. The van der Waals surface area contributed by atoms with E-state index >= 15 is 0 Å². The monoisotopic (exact) mass is 241 g/mol. The lowest BCUT2D eigenvalue weighted by Gasteiger charge is -2.26. The lowest BCUT2D eigenvalue weighted by Crippen LogP contribution is -2.19. The number of nitrogens with one attached hydrogen (secondary N) is 1. The zero-order valence-corrected chi connectivity index (χ0v) is 11.0. The molecule has 1 N–H and O–H groups in total. The molecule has 1 aliphatic rings. The van der Waals surface area contributed by atoms with Crippen molar-refractivity contribution in [2.75, 3.05) is 11.9 Å². The van der Waals surface area contributed by atoms with E-state index in [1.165, 1.54) is 23.4 Å². The second-order valence-corrected chi connectivity index (χ2v) is 5.10. The van der Waals surface area contributed by atoms with Crippen molar-refractivity contribution in [2.24, 2.45) is 7.05 Å². The molecule has 0 saturated heterocycles. The number of aromatic nitrogens is 2. The molecule has 0 bridgehead atoms. The molecule has 2 aromatic rings. The molecule has 2 heterocycles. The van der Waals surface area contributed by atoms with Crippen LogP contribution in [0.5, 0.6) is 0 Å². The number of rotatable bonds is 2. The van der Waals surface area contributed by atoms with Gasteiger partial charge in [-0.15, -0.1) is 0 Å². The summed E-state index contributed by atoms with van der Waals surface area (Å²) in [4.78, 5) is 0. The summed E-state index contributed by atoms with van der Waals surface area (Å²) in [5.41, 5.74) is 5.18. The molecule has 1 unspecified atom stereocenters. The third-order valence-electron chi connectivity index (χ3n) is 3.76. The Morgan fingerprint density at radius 1 is 1.39 bits per heavy atom. The molecule has 1 aromatic carbocycles. The van der Waals surface area contributed by atoms with Gasteiger partial charge in [0.1, 0.15) is 0 Å². The molecular formula is C15H19N3.